The molecule has 0 unspecified atom stereocenters. The summed E-state index contributed by atoms with van der Waals surface area (Å²) in [6.07, 6.45) is 0. The van der Waals surface area contributed by atoms with Gasteiger partial charge in [-0.25, -0.2) is 22.0 Å². The fraction of sp³-hybridized carbons (Fsp3) is 0.200. The molecule has 0 fully saturated rings. The van der Waals surface area contributed by atoms with Gasteiger partial charge in [0.25, 0.3) is 0 Å². The van der Waals surface area contributed by atoms with E-state index < -0.39 is 42.6 Å². The van der Waals surface area contributed by atoms with Crippen molar-refractivity contribution in [1.29, 1.82) is 0 Å². The topological polar surface area (TPSA) is 9.23 Å². The Morgan fingerprint density at radius 1 is 0.833 bits per heavy atom. The Labute approximate surface area is 146 Å². The zero-order valence-corrected chi connectivity index (χ0v) is 15.0. The molecule has 2 aromatic rings. The van der Waals surface area contributed by atoms with Gasteiger partial charge in [-0.1, -0.05) is 29.3 Å². The Morgan fingerprint density at radius 2 is 1.25 bits per heavy atom. The Hall–Kier alpha value is -1.15. The molecule has 0 saturated carbocycles. The molecular formula is C15H11Cl2F5OSi. The highest BCUT2D eigenvalue weighted by molar-refractivity contribution is 6.84. The van der Waals surface area contributed by atoms with Crippen LogP contribution in [0.15, 0.2) is 18.2 Å². The van der Waals surface area contributed by atoms with Gasteiger partial charge in [0.15, 0.2) is 23.3 Å². The smallest absolute Gasteiger partial charge is 0.225 e. The molecule has 0 N–H and O–H groups in total. The van der Waals surface area contributed by atoms with Crippen molar-refractivity contribution in [3.8, 4) is 0 Å². The number of hydrogen-bond acceptors (Lipinski definition) is 1. The molecule has 0 aromatic heterocycles. The molecule has 0 aliphatic rings. The molecule has 130 valence electrons. The lowest BCUT2D eigenvalue weighted by molar-refractivity contribution is 0.300. The molecule has 0 aliphatic heterocycles. The minimum absolute atomic E-state index is 0.225. The lowest BCUT2D eigenvalue weighted by Crippen LogP contribution is -2.49. The molecule has 0 saturated heterocycles. The zero-order valence-electron chi connectivity index (χ0n) is 12.5. The second kappa shape index (κ2) is 6.99. The summed E-state index contributed by atoms with van der Waals surface area (Å²) in [6.45, 7) is 2.41. The average molecular weight is 401 g/mol. The van der Waals surface area contributed by atoms with Gasteiger partial charge in [0, 0.05) is 20.8 Å². The Bertz CT molecular complexity index is 749. The van der Waals surface area contributed by atoms with Gasteiger partial charge < -0.3 is 4.43 Å². The van der Waals surface area contributed by atoms with Crippen LogP contribution >= 0.6 is 23.2 Å². The van der Waals surface area contributed by atoms with E-state index in [1.165, 1.54) is 13.1 Å². The van der Waals surface area contributed by atoms with Crippen LogP contribution in [0.3, 0.4) is 0 Å². The van der Waals surface area contributed by atoms with Gasteiger partial charge in [-0.05, 0) is 25.2 Å². The molecule has 9 heteroatoms. The molecule has 1 nitrogen and oxygen atoms in total. The lowest BCUT2D eigenvalue weighted by atomic mass is 10.2. The summed E-state index contributed by atoms with van der Waals surface area (Å²) in [6, 6.07) is 4.68. The predicted molar refractivity (Wildman–Crippen MR) is 84.6 cm³/mol. The third kappa shape index (κ3) is 3.44. The first kappa shape index (κ1) is 19.2. The van der Waals surface area contributed by atoms with Gasteiger partial charge in [0.05, 0.1) is 6.61 Å². The summed E-state index contributed by atoms with van der Waals surface area (Å²) in [7, 11) is -3.50. The highest BCUT2D eigenvalue weighted by Gasteiger charge is 2.38. The Kier molecular flexibility index (Phi) is 5.59. The van der Waals surface area contributed by atoms with Crippen LogP contribution < -0.4 is 5.19 Å². The van der Waals surface area contributed by atoms with Gasteiger partial charge in [-0.3, -0.25) is 0 Å². The predicted octanol–water partition coefficient (Wildman–Crippen LogP) is 5.32. The van der Waals surface area contributed by atoms with E-state index in [0.29, 0.717) is 5.56 Å². The first-order valence-electron chi connectivity index (χ1n) is 6.66. The van der Waals surface area contributed by atoms with Crippen molar-refractivity contribution in [3.63, 3.8) is 0 Å². The average Bonchev–Trinajstić information content (AvgIpc) is 2.50. The van der Waals surface area contributed by atoms with Crippen LogP contribution in [0.25, 0.3) is 0 Å². The molecule has 0 amide bonds. The molecule has 0 spiro atoms. The van der Waals surface area contributed by atoms with Gasteiger partial charge in [0.1, 0.15) is 0 Å². The molecule has 2 aromatic carbocycles. The minimum Gasteiger partial charge on any atom is -0.408 e. The first-order chi connectivity index (χ1) is 11.1. The van der Waals surface area contributed by atoms with E-state index in [-0.39, 0.29) is 16.7 Å². The van der Waals surface area contributed by atoms with Crippen LogP contribution in [0.2, 0.25) is 23.1 Å². The van der Waals surface area contributed by atoms with Crippen molar-refractivity contribution in [1.82, 2.24) is 0 Å². The largest absolute Gasteiger partial charge is 0.408 e. The maximum atomic E-state index is 14.0. The quantitative estimate of drug-likeness (QED) is 0.292. The van der Waals surface area contributed by atoms with Gasteiger partial charge in [0.2, 0.25) is 14.1 Å². The monoisotopic (exact) mass is 400 g/mol. The minimum atomic E-state index is -3.50. The van der Waals surface area contributed by atoms with Crippen LogP contribution in [-0.2, 0) is 11.0 Å². The normalized spacial score (nSPS) is 11.9. The van der Waals surface area contributed by atoms with E-state index in [2.05, 4.69) is 0 Å². The molecule has 0 heterocycles. The molecule has 24 heavy (non-hydrogen) atoms. The summed E-state index contributed by atoms with van der Waals surface area (Å²) < 4.78 is 73.4. The number of halogens is 7. The first-order valence-corrected chi connectivity index (χ1v) is 10.3. The standard InChI is InChI=1S/C15H11Cl2F5OSi/c1-24(2,23-6-7-8(16)4-3-5-9(7)17)15-13(21)11(19)10(18)12(20)14(15)22/h3-5H,6H2,1-2H3. The third-order valence-electron chi connectivity index (χ3n) is 3.45. The van der Waals surface area contributed by atoms with E-state index in [0.717, 1.165) is 0 Å². The SMILES string of the molecule is C[Si](C)(OCc1c(Cl)cccc1Cl)c1c(F)c(F)c(F)c(F)c1F. The van der Waals surface area contributed by atoms with Crippen LogP contribution in [0.1, 0.15) is 5.56 Å². The van der Waals surface area contributed by atoms with Crippen LogP contribution in [0, 0.1) is 29.1 Å². The Morgan fingerprint density at radius 3 is 1.71 bits per heavy atom. The second-order valence-corrected chi connectivity index (χ2v) is 10.1. The molecule has 0 bridgehead atoms. The third-order valence-corrected chi connectivity index (χ3v) is 6.67. The van der Waals surface area contributed by atoms with Crippen molar-refractivity contribution in [2.45, 2.75) is 19.7 Å². The Balaban J connectivity index is 2.42. The van der Waals surface area contributed by atoms with Crippen molar-refractivity contribution in [3.05, 3.63) is 62.9 Å². The fourth-order valence-corrected chi connectivity index (χ4v) is 4.56. The molecule has 0 radical (unpaired) electrons. The van der Waals surface area contributed by atoms with Crippen LogP contribution in [0.4, 0.5) is 22.0 Å². The van der Waals surface area contributed by atoms with Crippen molar-refractivity contribution < 1.29 is 26.4 Å². The van der Waals surface area contributed by atoms with E-state index in [9.17, 15) is 22.0 Å². The maximum Gasteiger partial charge on any atom is 0.225 e. The number of benzene rings is 2. The number of rotatable bonds is 4. The highest BCUT2D eigenvalue weighted by Crippen LogP contribution is 2.27. The fourth-order valence-electron chi connectivity index (χ4n) is 2.13. The zero-order chi connectivity index (χ0) is 18.2. The molecular weight excluding hydrogens is 390 g/mol. The number of hydrogen-bond donors (Lipinski definition) is 0. The van der Waals surface area contributed by atoms with Crippen molar-refractivity contribution >= 4 is 36.7 Å². The van der Waals surface area contributed by atoms with E-state index in [1.807, 2.05) is 0 Å². The summed E-state index contributed by atoms with van der Waals surface area (Å²) in [5, 5.41) is -0.392. The lowest BCUT2D eigenvalue weighted by Gasteiger charge is -2.25. The summed E-state index contributed by atoms with van der Waals surface area (Å²) in [5.41, 5.74) is 0.366. The van der Waals surface area contributed by atoms with E-state index in [4.69, 9.17) is 27.6 Å². The second-order valence-electron chi connectivity index (χ2n) is 5.44. The van der Waals surface area contributed by atoms with Crippen LogP contribution in [0.5, 0.6) is 0 Å². The van der Waals surface area contributed by atoms with Gasteiger partial charge in [-0.2, -0.15) is 0 Å². The van der Waals surface area contributed by atoms with Crippen LogP contribution in [-0.4, -0.2) is 8.32 Å². The summed E-state index contributed by atoms with van der Waals surface area (Å²) >= 11 is 11.9. The van der Waals surface area contributed by atoms with Crippen molar-refractivity contribution in [2.75, 3.05) is 0 Å². The van der Waals surface area contributed by atoms with Crippen molar-refractivity contribution in [2.24, 2.45) is 0 Å². The summed E-state index contributed by atoms with van der Waals surface area (Å²) in [4.78, 5) is 0. The van der Waals surface area contributed by atoms with E-state index >= 15 is 0 Å². The maximum absolute atomic E-state index is 14.0. The van der Waals surface area contributed by atoms with E-state index in [1.54, 1.807) is 18.2 Å². The molecule has 0 aliphatic carbocycles. The molecule has 2 rings (SSSR count). The highest BCUT2D eigenvalue weighted by atomic mass is 35.5. The van der Waals surface area contributed by atoms with Gasteiger partial charge >= 0.3 is 0 Å². The summed E-state index contributed by atoms with van der Waals surface area (Å²) in [5.74, 6) is -9.96. The van der Waals surface area contributed by atoms with Gasteiger partial charge in [-0.15, -0.1) is 0 Å². The molecule has 0 atom stereocenters.